The molecule has 1 atom stereocenters. The van der Waals surface area contributed by atoms with Crippen LogP contribution in [-0.2, 0) is 16.0 Å². The molecule has 0 spiro atoms. The maximum absolute atomic E-state index is 13.0. The van der Waals surface area contributed by atoms with Gasteiger partial charge in [-0.2, -0.15) is 0 Å². The van der Waals surface area contributed by atoms with Gasteiger partial charge in [-0.3, -0.25) is 9.59 Å². The van der Waals surface area contributed by atoms with Gasteiger partial charge in [0.2, 0.25) is 5.78 Å². The molecule has 0 unspecified atom stereocenters. The molecule has 2 heterocycles. The van der Waals surface area contributed by atoms with Gasteiger partial charge in [0.05, 0.1) is 12.7 Å². The first-order valence-electron chi connectivity index (χ1n) is 10.2. The monoisotopic (exact) mass is 411 g/mol. The molecule has 0 amide bonds. The Labute approximate surface area is 178 Å². The first kappa shape index (κ1) is 19.1. The van der Waals surface area contributed by atoms with Gasteiger partial charge in [-0.1, -0.05) is 48.5 Å². The lowest BCUT2D eigenvalue weighted by molar-refractivity contribution is -0.145. The Morgan fingerprint density at radius 1 is 1.00 bits per heavy atom. The minimum absolute atomic E-state index is 0.0332. The molecule has 0 saturated carbocycles. The average Bonchev–Trinajstić information content (AvgIpc) is 3.33. The second kappa shape index (κ2) is 7.43. The number of esters is 1. The number of aryl methyl sites for hydroxylation is 1. The maximum Gasteiger partial charge on any atom is 0.311 e. The van der Waals surface area contributed by atoms with Crippen molar-refractivity contribution < 1.29 is 18.7 Å². The molecule has 31 heavy (non-hydrogen) atoms. The summed E-state index contributed by atoms with van der Waals surface area (Å²) in [4.78, 5) is 29.0. The number of nitrogens with one attached hydrogen (secondary N) is 1. The molecular weight excluding hydrogens is 390 g/mol. The molecule has 3 aromatic carbocycles. The number of carbonyl (C=O) groups is 2. The van der Waals surface area contributed by atoms with Gasteiger partial charge >= 0.3 is 5.97 Å². The molecule has 0 aliphatic carbocycles. The summed E-state index contributed by atoms with van der Waals surface area (Å²) in [7, 11) is 0. The first-order chi connectivity index (χ1) is 15.0. The van der Waals surface area contributed by atoms with Crippen LogP contribution in [0.5, 0.6) is 0 Å². The molecule has 0 saturated heterocycles. The van der Waals surface area contributed by atoms with E-state index < -0.39 is 12.1 Å². The summed E-state index contributed by atoms with van der Waals surface area (Å²) in [6.45, 7) is 3.47. The van der Waals surface area contributed by atoms with E-state index in [4.69, 9.17) is 9.15 Å². The van der Waals surface area contributed by atoms with E-state index in [0.717, 1.165) is 43.9 Å². The van der Waals surface area contributed by atoms with Crippen molar-refractivity contribution in [2.75, 3.05) is 0 Å². The van der Waals surface area contributed by atoms with Crippen LogP contribution in [0.2, 0.25) is 0 Å². The highest BCUT2D eigenvalue weighted by Gasteiger charge is 2.25. The summed E-state index contributed by atoms with van der Waals surface area (Å²) < 4.78 is 11.2. The average molecular weight is 411 g/mol. The van der Waals surface area contributed by atoms with Gasteiger partial charge < -0.3 is 14.1 Å². The van der Waals surface area contributed by atoms with Crippen LogP contribution in [0, 0.1) is 6.92 Å². The van der Waals surface area contributed by atoms with Crippen molar-refractivity contribution in [3.05, 3.63) is 83.7 Å². The highest BCUT2D eigenvalue weighted by atomic mass is 16.5. The number of furan rings is 1. The largest absolute Gasteiger partial charge is 0.464 e. The molecule has 154 valence electrons. The Morgan fingerprint density at radius 3 is 2.58 bits per heavy atom. The molecule has 0 fully saturated rings. The van der Waals surface area contributed by atoms with Crippen LogP contribution in [0.1, 0.15) is 28.5 Å². The van der Waals surface area contributed by atoms with E-state index in [1.54, 1.807) is 13.2 Å². The summed E-state index contributed by atoms with van der Waals surface area (Å²) >= 11 is 0. The lowest BCUT2D eigenvalue weighted by atomic mass is 10.0. The molecule has 5 aromatic rings. The van der Waals surface area contributed by atoms with Crippen LogP contribution in [0.3, 0.4) is 0 Å². The van der Waals surface area contributed by atoms with E-state index in [9.17, 15) is 9.59 Å². The second-order valence-corrected chi connectivity index (χ2v) is 7.76. The number of Topliss-reactive ketones (excluding diaryl/α,β-unsaturated/α-hetero) is 1. The molecule has 1 N–H and O–H groups in total. The fourth-order valence-electron chi connectivity index (χ4n) is 4.25. The Bertz CT molecular complexity index is 1460. The number of carbonyl (C=O) groups excluding carboxylic acids is 2. The molecule has 0 aliphatic heterocycles. The summed E-state index contributed by atoms with van der Waals surface area (Å²) in [5.41, 5.74) is 3.69. The fourth-order valence-corrected chi connectivity index (χ4v) is 4.25. The molecular formula is C26H21NO4. The smallest absolute Gasteiger partial charge is 0.311 e. The van der Waals surface area contributed by atoms with Crippen molar-refractivity contribution in [1.82, 2.24) is 4.98 Å². The predicted molar refractivity (Wildman–Crippen MR) is 120 cm³/mol. The molecule has 0 aliphatic rings. The molecule has 2 aromatic heterocycles. The number of fused-ring (bicyclic) bond motifs is 4. The Morgan fingerprint density at radius 2 is 1.74 bits per heavy atom. The van der Waals surface area contributed by atoms with Gasteiger partial charge in [0, 0.05) is 33.1 Å². The van der Waals surface area contributed by atoms with Crippen molar-refractivity contribution in [3.63, 3.8) is 0 Å². The Kier molecular flexibility index (Phi) is 4.59. The topological polar surface area (TPSA) is 72.3 Å². The van der Waals surface area contributed by atoms with Crippen LogP contribution in [0.4, 0.5) is 0 Å². The quantitative estimate of drug-likeness (QED) is 0.296. The molecule has 0 radical (unpaired) electrons. The van der Waals surface area contributed by atoms with Gasteiger partial charge in [-0.05, 0) is 36.8 Å². The number of para-hydroxylation sites is 1. The number of benzene rings is 3. The van der Waals surface area contributed by atoms with Gasteiger partial charge in [0.1, 0.15) is 5.58 Å². The minimum atomic E-state index is -0.889. The number of aromatic amines is 1. The van der Waals surface area contributed by atoms with Gasteiger partial charge in [-0.15, -0.1) is 0 Å². The third kappa shape index (κ3) is 3.28. The number of H-pyrrole nitrogens is 1. The van der Waals surface area contributed by atoms with E-state index in [1.165, 1.54) is 0 Å². The van der Waals surface area contributed by atoms with E-state index >= 15 is 0 Å². The predicted octanol–water partition coefficient (Wildman–Crippen LogP) is 5.73. The SMILES string of the molecule is Cc1[nH]c2ccccc2c1C(=O)[C@@H](C)OC(=O)Cc1coc2ccc3ccccc3c12. The third-order valence-electron chi connectivity index (χ3n) is 5.69. The number of hydrogen-bond donors (Lipinski definition) is 1. The van der Waals surface area contributed by atoms with Gasteiger partial charge in [-0.25, -0.2) is 0 Å². The van der Waals surface area contributed by atoms with Crippen molar-refractivity contribution in [3.8, 4) is 0 Å². The zero-order valence-electron chi connectivity index (χ0n) is 17.3. The maximum atomic E-state index is 13.0. The third-order valence-corrected chi connectivity index (χ3v) is 5.69. The summed E-state index contributed by atoms with van der Waals surface area (Å²) in [5.74, 6) is -0.681. The van der Waals surface area contributed by atoms with Crippen LogP contribution in [-0.4, -0.2) is 22.8 Å². The van der Waals surface area contributed by atoms with Crippen molar-refractivity contribution in [2.45, 2.75) is 26.4 Å². The Balaban J connectivity index is 1.39. The van der Waals surface area contributed by atoms with Gasteiger partial charge in [0.25, 0.3) is 0 Å². The fraction of sp³-hybridized carbons (Fsp3) is 0.154. The molecule has 5 rings (SSSR count). The van der Waals surface area contributed by atoms with E-state index in [2.05, 4.69) is 4.98 Å². The lowest BCUT2D eigenvalue weighted by Crippen LogP contribution is -2.25. The normalized spacial score (nSPS) is 12.5. The number of hydrogen-bond acceptors (Lipinski definition) is 4. The standard InChI is InChI=1S/C26H21NO4/c1-15-24(20-9-5-6-10-21(20)27-15)26(29)16(2)31-23(28)13-18-14-30-22-12-11-17-7-3-4-8-19(17)25(18)22/h3-12,14,16,27H,13H2,1-2H3/t16-/m1/s1. The molecule has 5 nitrogen and oxygen atoms in total. The summed E-state index contributed by atoms with van der Waals surface area (Å²) in [6.07, 6.45) is 0.737. The summed E-state index contributed by atoms with van der Waals surface area (Å²) in [6, 6.07) is 19.5. The zero-order valence-corrected chi connectivity index (χ0v) is 17.3. The van der Waals surface area contributed by atoms with Gasteiger partial charge in [0.15, 0.2) is 6.10 Å². The van der Waals surface area contributed by atoms with Crippen LogP contribution < -0.4 is 0 Å². The van der Waals surface area contributed by atoms with Crippen molar-refractivity contribution in [1.29, 1.82) is 0 Å². The highest BCUT2D eigenvalue weighted by molar-refractivity contribution is 6.12. The van der Waals surface area contributed by atoms with E-state index in [1.807, 2.05) is 67.6 Å². The second-order valence-electron chi connectivity index (χ2n) is 7.76. The number of ketones is 1. The number of aromatic nitrogens is 1. The minimum Gasteiger partial charge on any atom is -0.464 e. The molecule has 5 heteroatoms. The first-order valence-corrected chi connectivity index (χ1v) is 10.2. The number of rotatable bonds is 5. The van der Waals surface area contributed by atoms with Crippen molar-refractivity contribution in [2.24, 2.45) is 0 Å². The van der Waals surface area contributed by atoms with Crippen LogP contribution in [0.25, 0.3) is 32.6 Å². The highest BCUT2D eigenvalue weighted by Crippen LogP contribution is 2.30. The lowest BCUT2D eigenvalue weighted by Gasteiger charge is -2.12. The number of ether oxygens (including phenoxy) is 1. The summed E-state index contributed by atoms with van der Waals surface area (Å²) in [5, 5.41) is 3.83. The van der Waals surface area contributed by atoms with Crippen LogP contribution >= 0.6 is 0 Å². The van der Waals surface area contributed by atoms with Crippen LogP contribution in [0.15, 0.2) is 71.3 Å². The Hall–Kier alpha value is -3.86. The zero-order chi connectivity index (χ0) is 21.5. The van der Waals surface area contributed by atoms with E-state index in [-0.39, 0.29) is 12.2 Å². The molecule has 0 bridgehead atoms. The van der Waals surface area contributed by atoms with Crippen molar-refractivity contribution >= 4 is 44.4 Å². The van der Waals surface area contributed by atoms with E-state index in [0.29, 0.717) is 5.56 Å².